The van der Waals surface area contributed by atoms with E-state index in [-0.39, 0.29) is 4.75 Å². The Hall–Kier alpha value is -0.0700. The smallest absolute Gasteiger partial charge is 0.102 e. The van der Waals surface area contributed by atoms with Gasteiger partial charge in [-0.1, -0.05) is 43.2 Å². The SMILES string of the molecule is CC(C)(C#N)SC(=S)C1CCCCC1. The molecule has 1 saturated carbocycles. The van der Waals surface area contributed by atoms with Gasteiger partial charge in [-0.3, -0.25) is 0 Å². The van der Waals surface area contributed by atoms with Crippen molar-refractivity contribution in [2.75, 3.05) is 0 Å². The van der Waals surface area contributed by atoms with Crippen molar-refractivity contribution >= 4 is 28.2 Å². The molecule has 0 bridgehead atoms. The van der Waals surface area contributed by atoms with Crippen molar-refractivity contribution in [1.29, 1.82) is 5.26 Å². The number of hydrogen-bond acceptors (Lipinski definition) is 3. The largest absolute Gasteiger partial charge is 0.197 e. The zero-order chi connectivity index (χ0) is 10.6. The second-order valence-corrected chi connectivity index (χ2v) is 6.74. The summed E-state index contributed by atoms with van der Waals surface area (Å²) in [5.41, 5.74) is 0. The highest BCUT2D eigenvalue weighted by Crippen LogP contribution is 2.34. The van der Waals surface area contributed by atoms with E-state index in [9.17, 15) is 0 Å². The van der Waals surface area contributed by atoms with Gasteiger partial charge in [0.2, 0.25) is 0 Å². The average molecular weight is 227 g/mol. The van der Waals surface area contributed by atoms with E-state index in [0.717, 1.165) is 4.20 Å². The Labute approximate surface area is 96.3 Å². The molecule has 0 heterocycles. The molecular formula is C11H17NS2. The van der Waals surface area contributed by atoms with Crippen LogP contribution in [0.2, 0.25) is 0 Å². The summed E-state index contributed by atoms with van der Waals surface area (Å²) in [6.45, 7) is 3.87. The Balaban J connectivity index is 2.45. The van der Waals surface area contributed by atoms with E-state index in [0.29, 0.717) is 5.92 Å². The fourth-order valence-electron chi connectivity index (χ4n) is 1.70. The van der Waals surface area contributed by atoms with Gasteiger partial charge in [0.25, 0.3) is 0 Å². The van der Waals surface area contributed by atoms with Gasteiger partial charge in [0.1, 0.15) is 4.75 Å². The number of thioether (sulfide) groups is 1. The molecule has 0 saturated heterocycles. The van der Waals surface area contributed by atoms with Crippen LogP contribution in [0.15, 0.2) is 0 Å². The fraction of sp³-hybridized carbons (Fsp3) is 0.818. The van der Waals surface area contributed by atoms with Gasteiger partial charge in [-0.2, -0.15) is 5.26 Å². The molecule has 0 unspecified atom stereocenters. The maximum Gasteiger partial charge on any atom is 0.102 e. The van der Waals surface area contributed by atoms with Gasteiger partial charge in [0.15, 0.2) is 0 Å². The van der Waals surface area contributed by atoms with Gasteiger partial charge >= 0.3 is 0 Å². The summed E-state index contributed by atoms with van der Waals surface area (Å²) in [7, 11) is 0. The Bertz CT molecular complexity index is 247. The van der Waals surface area contributed by atoms with Crippen LogP contribution in [0, 0.1) is 17.2 Å². The van der Waals surface area contributed by atoms with Crippen LogP contribution in [-0.4, -0.2) is 8.94 Å². The molecular weight excluding hydrogens is 210 g/mol. The number of thiocarbonyl (C=S) groups is 1. The number of rotatable bonds is 2. The third-order valence-electron chi connectivity index (χ3n) is 2.56. The Morgan fingerprint density at radius 2 is 1.93 bits per heavy atom. The fourth-order valence-corrected chi connectivity index (χ4v) is 3.51. The zero-order valence-electron chi connectivity index (χ0n) is 8.88. The third-order valence-corrected chi connectivity index (χ3v) is 4.28. The summed E-state index contributed by atoms with van der Waals surface area (Å²) in [6.07, 6.45) is 6.42. The average Bonchev–Trinajstić information content (AvgIpc) is 2.19. The van der Waals surface area contributed by atoms with Gasteiger partial charge in [-0.15, -0.1) is 0 Å². The molecule has 0 aromatic rings. The minimum atomic E-state index is -0.353. The summed E-state index contributed by atoms with van der Waals surface area (Å²) in [5, 5.41) is 8.91. The molecule has 1 fully saturated rings. The second-order valence-electron chi connectivity index (χ2n) is 4.38. The monoisotopic (exact) mass is 227 g/mol. The van der Waals surface area contributed by atoms with Crippen LogP contribution in [0.3, 0.4) is 0 Å². The van der Waals surface area contributed by atoms with E-state index in [1.165, 1.54) is 32.1 Å². The van der Waals surface area contributed by atoms with Crippen molar-refractivity contribution in [3.05, 3.63) is 0 Å². The van der Waals surface area contributed by atoms with E-state index in [1.807, 2.05) is 13.8 Å². The summed E-state index contributed by atoms with van der Waals surface area (Å²) in [6, 6.07) is 2.29. The molecule has 0 aromatic carbocycles. The van der Waals surface area contributed by atoms with Crippen LogP contribution in [-0.2, 0) is 0 Å². The summed E-state index contributed by atoms with van der Waals surface area (Å²) in [4.78, 5) is 0. The normalized spacial score (nSPS) is 18.9. The van der Waals surface area contributed by atoms with Crippen molar-refractivity contribution in [2.24, 2.45) is 5.92 Å². The molecule has 1 aliphatic carbocycles. The highest BCUT2D eigenvalue weighted by Gasteiger charge is 2.25. The molecule has 0 spiro atoms. The lowest BCUT2D eigenvalue weighted by atomic mass is 9.91. The van der Waals surface area contributed by atoms with Crippen LogP contribution >= 0.6 is 24.0 Å². The third kappa shape index (κ3) is 3.59. The zero-order valence-corrected chi connectivity index (χ0v) is 10.5. The van der Waals surface area contributed by atoms with Crippen molar-refractivity contribution in [3.63, 3.8) is 0 Å². The molecule has 0 aromatic heterocycles. The molecule has 0 radical (unpaired) electrons. The second kappa shape index (κ2) is 5.14. The first-order valence-electron chi connectivity index (χ1n) is 5.19. The molecule has 0 atom stereocenters. The predicted octanol–water partition coefficient (Wildman–Crippen LogP) is 3.93. The topological polar surface area (TPSA) is 23.8 Å². The first-order chi connectivity index (χ1) is 6.55. The molecule has 3 heteroatoms. The lowest BCUT2D eigenvalue weighted by molar-refractivity contribution is 0.446. The van der Waals surface area contributed by atoms with Crippen molar-refractivity contribution in [2.45, 2.75) is 50.7 Å². The van der Waals surface area contributed by atoms with E-state index < -0.39 is 0 Å². The van der Waals surface area contributed by atoms with Crippen LogP contribution in [0.25, 0.3) is 0 Å². The highest BCUT2D eigenvalue weighted by molar-refractivity contribution is 8.24. The quantitative estimate of drug-likeness (QED) is 0.668. The van der Waals surface area contributed by atoms with Crippen LogP contribution in [0.4, 0.5) is 0 Å². The van der Waals surface area contributed by atoms with Gasteiger partial charge in [-0.25, -0.2) is 0 Å². The summed E-state index contributed by atoms with van der Waals surface area (Å²) in [5.74, 6) is 0.580. The van der Waals surface area contributed by atoms with Crippen LogP contribution < -0.4 is 0 Å². The first-order valence-corrected chi connectivity index (χ1v) is 6.42. The highest BCUT2D eigenvalue weighted by atomic mass is 32.2. The minimum Gasteiger partial charge on any atom is -0.197 e. The Kier molecular flexibility index (Phi) is 4.40. The Morgan fingerprint density at radius 1 is 1.36 bits per heavy atom. The first kappa shape index (κ1) is 12.0. The van der Waals surface area contributed by atoms with Crippen molar-refractivity contribution < 1.29 is 0 Å². The van der Waals surface area contributed by atoms with Crippen LogP contribution in [0.5, 0.6) is 0 Å². The number of nitriles is 1. The molecule has 78 valence electrons. The molecule has 1 aliphatic rings. The number of nitrogens with zero attached hydrogens (tertiary/aromatic N) is 1. The predicted molar refractivity (Wildman–Crippen MR) is 66.5 cm³/mol. The lowest BCUT2D eigenvalue weighted by Gasteiger charge is -2.25. The molecule has 1 rings (SSSR count). The molecule has 14 heavy (non-hydrogen) atoms. The van der Waals surface area contributed by atoms with Gasteiger partial charge < -0.3 is 0 Å². The van der Waals surface area contributed by atoms with E-state index in [2.05, 4.69) is 6.07 Å². The van der Waals surface area contributed by atoms with Crippen molar-refractivity contribution in [3.8, 4) is 6.07 Å². The molecule has 0 amide bonds. The summed E-state index contributed by atoms with van der Waals surface area (Å²) >= 11 is 6.98. The standard InChI is InChI=1S/C11H17NS2/c1-11(2,8-12)14-10(13)9-6-4-3-5-7-9/h9H,3-7H2,1-2H3. The van der Waals surface area contributed by atoms with E-state index >= 15 is 0 Å². The van der Waals surface area contributed by atoms with Gasteiger partial charge in [-0.05, 0) is 26.7 Å². The minimum absolute atomic E-state index is 0.353. The summed E-state index contributed by atoms with van der Waals surface area (Å²) < 4.78 is 0.699. The van der Waals surface area contributed by atoms with Gasteiger partial charge in [0.05, 0.1) is 10.3 Å². The maximum absolute atomic E-state index is 8.91. The molecule has 0 aliphatic heterocycles. The molecule has 1 nitrogen and oxygen atoms in total. The van der Waals surface area contributed by atoms with Gasteiger partial charge in [0, 0.05) is 5.92 Å². The lowest BCUT2D eigenvalue weighted by Crippen LogP contribution is -2.20. The number of hydrogen-bond donors (Lipinski definition) is 0. The maximum atomic E-state index is 8.91. The Morgan fingerprint density at radius 3 is 2.43 bits per heavy atom. The van der Waals surface area contributed by atoms with Crippen LogP contribution in [0.1, 0.15) is 46.0 Å². The molecule has 0 N–H and O–H groups in total. The van der Waals surface area contributed by atoms with E-state index in [1.54, 1.807) is 11.8 Å². The van der Waals surface area contributed by atoms with E-state index in [4.69, 9.17) is 17.5 Å². The van der Waals surface area contributed by atoms with Crippen molar-refractivity contribution in [1.82, 2.24) is 0 Å².